The summed E-state index contributed by atoms with van der Waals surface area (Å²) in [6, 6.07) is 5.30. The third-order valence-electron chi connectivity index (χ3n) is 2.94. The summed E-state index contributed by atoms with van der Waals surface area (Å²) in [5.74, 6) is 1.35. The standard InChI is InChI=1S/C15H22FNO2/c1-15(2,3)17-10-12(16)11-5-6-13-14(9-11)19-8-4-7-18-13/h5-6,9,12,17H,4,7-8,10H2,1-3H3. The molecule has 2 rings (SSSR count). The van der Waals surface area contributed by atoms with Gasteiger partial charge in [-0.2, -0.15) is 0 Å². The molecule has 1 atom stereocenters. The van der Waals surface area contributed by atoms with Crippen LogP contribution in [-0.2, 0) is 0 Å². The van der Waals surface area contributed by atoms with E-state index >= 15 is 0 Å². The van der Waals surface area contributed by atoms with E-state index < -0.39 is 6.17 Å². The van der Waals surface area contributed by atoms with Crippen LogP contribution in [0.2, 0.25) is 0 Å². The second-order valence-corrected chi connectivity index (χ2v) is 5.86. The Balaban J connectivity index is 2.06. The monoisotopic (exact) mass is 267 g/mol. The zero-order valence-corrected chi connectivity index (χ0v) is 11.8. The van der Waals surface area contributed by atoms with Gasteiger partial charge in [0.15, 0.2) is 11.5 Å². The molecule has 0 amide bonds. The average Bonchev–Trinajstić information content (AvgIpc) is 2.59. The van der Waals surface area contributed by atoms with Crippen LogP contribution in [0.5, 0.6) is 11.5 Å². The van der Waals surface area contributed by atoms with Crippen molar-refractivity contribution in [2.24, 2.45) is 0 Å². The molecule has 4 heteroatoms. The van der Waals surface area contributed by atoms with Crippen LogP contribution in [0.15, 0.2) is 18.2 Å². The van der Waals surface area contributed by atoms with Gasteiger partial charge >= 0.3 is 0 Å². The number of alkyl halides is 1. The molecule has 1 aromatic rings. The van der Waals surface area contributed by atoms with Crippen LogP contribution in [0.1, 0.15) is 38.9 Å². The van der Waals surface area contributed by atoms with Gasteiger partial charge in [-0.05, 0) is 38.5 Å². The van der Waals surface area contributed by atoms with E-state index in [4.69, 9.17) is 9.47 Å². The maximum Gasteiger partial charge on any atom is 0.161 e. The van der Waals surface area contributed by atoms with E-state index in [1.54, 1.807) is 18.2 Å². The van der Waals surface area contributed by atoms with Gasteiger partial charge in [-0.3, -0.25) is 0 Å². The third-order valence-corrected chi connectivity index (χ3v) is 2.94. The van der Waals surface area contributed by atoms with Gasteiger partial charge in [0.2, 0.25) is 0 Å². The molecular weight excluding hydrogens is 245 g/mol. The number of fused-ring (bicyclic) bond motifs is 1. The van der Waals surface area contributed by atoms with E-state index in [9.17, 15) is 4.39 Å². The maximum absolute atomic E-state index is 14.2. The van der Waals surface area contributed by atoms with E-state index in [0.29, 0.717) is 36.8 Å². The quantitative estimate of drug-likeness (QED) is 0.912. The first kappa shape index (κ1) is 14.1. The molecule has 0 spiro atoms. The van der Waals surface area contributed by atoms with Gasteiger partial charge in [-0.15, -0.1) is 0 Å². The first-order valence-corrected chi connectivity index (χ1v) is 6.74. The molecule has 1 N–H and O–H groups in total. The normalized spacial score (nSPS) is 16.8. The molecular formula is C15H22FNO2. The Hall–Kier alpha value is -1.29. The van der Waals surface area contributed by atoms with Crippen molar-refractivity contribution >= 4 is 0 Å². The van der Waals surface area contributed by atoms with Crippen LogP contribution in [0.25, 0.3) is 0 Å². The van der Waals surface area contributed by atoms with E-state index in [2.05, 4.69) is 5.32 Å². The van der Waals surface area contributed by atoms with Crippen LogP contribution in [0.3, 0.4) is 0 Å². The smallest absolute Gasteiger partial charge is 0.161 e. The number of rotatable bonds is 3. The second kappa shape index (κ2) is 5.78. The fraction of sp³-hybridized carbons (Fsp3) is 0.600. The molecule has 0 bridgehead atoms. The second-order valence-electron chi connectivity index (χ2n) is 5.86. The molecule has 0 aliphatic carbocycles. The van der Waals surface area contributed by atoms with Crippen molar-refractivity contribution in [3.63, 3.8) is 0 Å². The first-order valence-electron chi connectivity index (χ1n) is 6.74. The highest BCUT2D eigenvalue weighted by molar-refractivity contribution is 5.44. The Morgan fingerprint density at radius 2 is 1.89 bits per heavy atom. The van der Waals surface area contributed by atoms with E-state index in [1.165, 1.54) is 0 Å². The molecule has 1 aliphatic heterocycles. The molecule has 1 aromatic carbocycles. The van der Waals surface area contributed by atoms with Crippen molar-refractivity contribution in [1.29, 1.82) is 0 Å². The summed E-state index contributed by atoms with van der Waals surface area (Å²) in [4.78, 5) is 0. The highest BCUT2D eigenvalue weighted by Crippen LogP contribution is 2.33. The Kier molecular flexibility index (Phi) is 4.30. The Morgan fingerprint density at radius 1 is 1.21 bits per heavy atom. The Bertz CT molecular complexity index is 429. The van der Waals surface area contributed by atoms with Crippen molar-refractivity contribution in [3.05, 3.63) is 23.8 Å². The number of benzene rings is 1. The number of ether oxygens (including phenoxy) is 2. The average molecular weight is 267 g/mol. The van der Waals surface area contributed by atoms with Crippen LogP contribution < -0.4 is 14.8 Å². The summed E-state index contributed by atoms with van der Waals surface area (Å²) in [5, 5.41) is 3.17. The molecule has 0 saturated carbocycles. The summed E-state index contributed by atoms with van der Waals surface area (Å²) in [6.45, 7) is 7.63. The van der Waals surface area contributed by atoms with E-state index in [-0.39, 0.29) is 5.54 Å². The minimum Gasteiger partial charge on any atom is -0.490 e. The summed E-state index contributed by atoms with van der Waals surface area (Å²) in [6.07, 6.45) is -0.189. The molecule has 0 radical (unpaired) electrons. The lowest BCUT2D eigenvalue weighted by molar-refractivity contribution is 0.288. The lowest BCUT2D eigenvalue weighted by atomic mass is 10.1. The van der Waals surface area contributed by atoms with Gasteiger partial charge in [-0.1, -0.05) is 6.07 Å². The minimum atomic E-state index is -1.05. The van der Waals surface area contributed by atoms with Crippen molar-refractivity contribution in [2.45, 2.75) is 38.9 Å². The van der Waals surface area contributed by atoms with Gasteiger partial charge in [0.25, 0.3) is 0 Å². The largest absolute Gasteiger partial charge is 0.490 e. The molecule has 106 valence electrons. The van der Waals surface area contributed by atoms with Crippen molar-refractivity contribution < 1.29 is 13.9 Å². The Morgan fingerprint density at radius 3 is 2.58 bits per heavy atom. The number of hydrogen-bond acceptors (Lipinski definition) is 3. The fourth-order valence-electron chi connectivity index (χ4n) is 1.89. The fourth-order valence-corrected chi connectivity index (χ4v) is 1.89. The lowest BCUT2D eigenvalue weighted by Gasteiger charge is -2.22. The highest BCUT2D eigenvalue weighted by atomic mass is 19.1. The van der Waals surface area contributed by atoms with Gasteiger partial charge in [0.05, 0.1) is 13.2 Å². The number of halogens is 1. The first-order chi connectivity index (χ1) is 8.96. The topological polar surface area (TPSA) is 30.5 Å². The predicted molar refractivity (Wildman–Crippen MR) is 73.7 cm³/mol. The molecule has 19 heavy (non-hydrogen) atoms. The van der Waals surface area contributed by atoms with Crippen LogP contribution >= 0.6 is 0 Å². The molecule has 1 heterocycles. The van der Waals surface area contributed by atoms with E-state index in [1.807, 2.05) is 20.8 Å². The molecule has 0 fully saturated rings. The predicted octanol–water partition coefficient (Wildman–Crippen LogP) is 3.25. The lowest BCUT2D eigenvalue weighted by Crippen LogP contribution is -2.37. The third kappa shape index (κ3) is 4.10. The molecule has 3 nitrogen and oxygen atoms in total. The summed E-state index contributed by atoms with van der Waals surface area (Å²) < 4.78 is 25.3. The van der Waals surface area contributed by atoms with Crippen LogP contribution in [0.4, 0.5) is 4.39 Å². The van der Waals surface area contributed by atoms with Gasteiger partial charge in [0.1, 0.15) is 6.17 Å². The zero-order chi connectivity index (χ0) is 13.9. The summed E-state index contributed by atoms with van der Waals surface area (Å²) in [5.41, 5.74) is 0.538. The van der Waals surface area contributed by atoms with Gasteiger partial charge in [-0.25, -0.2) is 4.39 Å². The minimum absolute atomic E-state index is 0.0877. The van der Waals surface area contributed by atoms with Crippen LogP contribution in [-0.4, -0.2) is 25.3 Å². The SMILES string of the molecule is CC(C)(C)NCC(F)c1ccc2c(c1)OCCCO2. The number of hydrogen-bond donors (Lipinski definition) is 1. The summed E-state index contributed by atoms with van der Waals surface area (Å²) in [7, 11) is 0. The van der Waals surface area contributed by atoms with Crippen LogP contribution in [0, 0.1) is 0 Å². The molecule has 0 aromatic heterocycles. The van der Waals surface area contributed by atoms with Gasteiger partial charge in [0, 0.05) is 18.5 Å². The summed E-state index contributed by atoms with van der Waals surface area (Å²) >= 11 is 0. The zero-order valence-electron chi connectivity index (χ0n) is 11.8. The van der Waals surface area contributed by atoms with E-state index in [0.717, 1.165) is 6.42 Å². The van der Waals surface area contributed by atoms with Crippen molar-refractivity contribution in [1.82, 2.24) is 5.32 Å². The molecule has 1 aliphatic rings. The molecule has 1 unspecified atom stereocenters. The van der Waals surface area contributed by atoms with Crippen molar-refractivity contribution in [3.8, 4) is 11.5 Å². The molecule has 0 saturated heterocycles. The number of nitrogens with one attached hydrogen (secondary N) is 1. The van der Waals surface area contributed by atoms with Gasteiger partial charge < -0.3 is 14.8 Å². The van der Waals surface area contributed by atoms with Crippen molar-refractivity contribution in [2.75, 3.05) is 19.8 Å². The Labute approximate surface area is 114 Å². The maximum atomic E-state index is 14.2. The highest BCUT2D eigenvalue weighted by Gasteiger charge is 2.18.